The van der Waals surface area contributed by atoms with Gasteiger partial charge in [-0.05, 0) is 46.0 Å². The van der Waals surface area contributed by atoms with Gasteiger partial charge in [0, 0.05) is 11.3 Å². The second-order valence-corrected chi connectivity index (χ2v) is 7.71. The van der Waals surface area contributed by atoms with Crippen LogP contribution in [0.2, 0.25) is 0 Å². The minimum Gasteiger partial charge on any atom is -0.390 e. The van der Waals surface area contributed by atoms with E-state index in [9.17, 15) is 15.3 Å². The van der Waals surface area contributed by atoms with Gasteiger partial charge in [-0.25, -0.2) is 0 Å². The molecule has 3 aliphatic rings. The molecule has 1 saturated heterocycles. The Bertz CT molecular complexity index is 384. The van der Waals surface area contributed by atoms with Gasteiger partial charge >= 0.3 is 0 Å². The summed E-state index contributed by atoms with van der Waals surface area (Å²) in [7, 11) is 0. The van der Waals surface area contributed by atoms with Gasteiger partial charge in [0.1, 0.15) is 11.2 Å². The van der Waals surface area contributed by atoms with Crippen LogP contribution in [0.25, 0.3) is 0 Å². The van der Waals surface area contributed by atoms with E-state index in [0.717, 1.165) is 32.1 Å². The van der Waals surface area contributed by atoms with Crippen LogP contribution in [0.4, 0.5) is 0 Å². The van der Waals surface area contributed by atoms with Crippen molar-refractivity contribution in [1.82, 2.24) is 0 Å². The van der Waals surface area contributed by atoms with E-state index in [1.54, 1.807) is 13.8 Å². The molecule has 4 nitrogen and oxygen atoms in total. The van der Waals surface area contributed by atoms with Crippen molar-refractivity contribution in [3.05, 3.63) is 0 Å². The molecule has 0 aromatic heterocycles. The highest BCUT2D eigenvalue weighted by Gasteiger charge is 2.74. The van der Waals surface area contributed by atoms with Gasteiger partial charge in [0.15, 0.2) is 0 Å². The van der Waals surface area contributed by atoms with Gasteiger partial charge < -0.3 is 20.1 Å². The van der Waals surface area contributed by atoms with Crippen LogP contribution < -0.4 is 0 Å². The third-order valence-electron chi connectivity index (χ3n) is 6.14. The maximum absolute atomic E-state index is 11.4. The quantitative estimate of drug-likeness (QED) is 0.626. The van der Waals surface area contributed by atoms with E-state index in [2.05, 4.69) is 6.92 Å². The van der Waals surface area contributed by atoms with Gasteiger partial charge in [-0.2, -0.15) is 0 Å². The summed E-state index contributed by atoms with van der Waals surface area (Å²) >= 11 is 0. The molecule has 5 atom stereocenters. The average molecular weight is 270 g/mol. The summed E-state index contributed by atoms with van der Waals surface area (Å²) in [5.74, 6) is -0.301. The summed E-state index contributed by atoms with van der Waals surface area (Å²) in [5, 5.41) is 32.4. The van der Waals surface area contributed by atoms with Crippen molar-refractivity contribution in [3.8, 4) is 0 Å². The minimum atomic E-state index is -1.22. The molecule has 1 heterocycles. The molecule has 2 aliphatic carbocycles. The number of epoxide rings is 1. The maximum Gasteiger partial charge on any atom is 0.127 e. The molecule has 0 bridgehead atoms. The van der Waals surface area contributed by atoms with Crippen molar-refractivity contribution >= 4 is 0 Å². The highest BCUT2D eigenvalue weighted by Crippen LogP contribution is 2.64. The van der Waals surface area contributed by atoms with E-state index < -0.39 is 22.9 Å². The van der Waals surface area contributed by atoms with E-state index in [1.165, 1.54) is 0 Å². The summed E-state index contributed by atoms with van der Waals surface area (Å²) in [6.07, 6.45) is 3.44. The second kappa shape index (κ2) is 3.73. The molecule has 2 saturated carbocycles. The zero-order chi connectivity index (χ0) is 14.1. The number of aliphatic hydroxyl groups is 3. The molecule has 3 rings (SSSR count). The van der Waals surface area contributed by atoms with E-state index >= 15 is 0 Å². The van der Waals surface area contributed by atoms with Crippen LogP contribution in [0.3, 0.4) is 0 Å². The van der Waals surface area contributed by atoms with Crippen LogP contribution in [-0.4, -0.2) is 44.8 Å². The van der Waals surface area contributed by atoms with Gasteiger partial charge in [-0.3, -0.25) is 0 Å². The number of fused-ring (bicyclic) bond motifs is 2. The molecule has 0 aromatic carbocycles. The lowest BCUT2D eigenvalue weighted by Crippen LogP contribution is -2.72. The smallest absolute Gasteiger partial charge is 0.127 e. The van der Waals surface area contributed by atoms with Crippen LogP contribution in [0.1, 0.15) is 52.9 Å². The summed E-state index contributed by atoms with van der Waals surface area (Å²) in [6.45, 7) is 6.04. The Labute approximate surface area is 114 Å². The van der Waals surface area contributed by atoms with Crippen LogP contribution in [-0.2, 0) is 4.74 Å². The number of hydrogen-bond acceptors (Lipinski definition) is 4. The third kappa shape index (κ3) is 1.60. The molecule has 0 radical (unpaired) electrons. The number of aliphatic hydroxyl groups excluding tert-OH is 1. The van der Waals surface area contributed by atoms with Gasteiger partial charge in [-0.15, -0.1) is 0 Å². The second-order valence-electron chi connectivity index (χ2n) is 7.71. The van der Waals surface area contributed by atoms with Gasteiger partial charge in [0.25, 0.3) is 0 Å². The third-order valence-corrected chi connectivity index (χ3v) is 6.14. The molecule has 0 aromatic rings. The topological polar surface area (TPSA) is 73.2 Å². The summed E-state index contributed by atoms with van der Waals surface area (Å²) < 4.78 is 5.61. The first-order valence-corrected chi connectivity index (χ1v) is 7.43. The van der Waals surface area contributed by atoms with E-state index in [0.29, 0.717) is 6.61 Å². The monoisotopic (exact) mass is 270 g/mol. The molecule has 110 valence electrons. The van der Waals surface area contributed by atoms with Crippen molar-refractivity contribution in [3.63, 3.8) is 0 Å². The molecule has 1 spiro atoms. The Kier molecular flexibility index (Phi) is 2.71. The lowest BCUT2D eigenvalue weighted by atomic mass is 9.49. The molecule has 0 unspecified atom stereocenters. The fraction of sp³-hybridized carbons (Fsp3) is 1.00. The fourth-order valence-electron chi connectivity index (χ4n) is 4.75. The Morgan fingerprint density at radius 3 is 2.37 bits per heavy atom. The van der Waals surface area contributed by atoms with Crippen LogP contribution in [0.15, 0.2) is 0 Å². The van der Waals surface area contributed by atoms with E-state index in [-0.39, 0.29) is 11.3 Å². The number of rotatable bonds is 1. The Morgan fingerprint density at radius 1 is 1.21 bits per heavy atom. The maximum atomic E-state index is 11.4. The Morgan fingerprint density at radius 2 is 1.84 bits per heavy atom. The number of ether oxygens (including phenoxy) is 1. The molecule has 4 heteroatoms. The van der Waals surface area contributed by atoms with Crippen molar-refractivity contribution in [2.75, 3.05) is 6.61 Å². The Hall–Kier alpha value is -0.160. The zero-order valence-corrected chi connectivity index (χ0v) is 12.1. The number of hydrogen-bond donors (Lipinski definition) is 3. The highest BCUT2D eigenvalue weighted by atomic mass is 16.6. The van der Waals surface area contributed by atoms with Crippen molar-refractivity contribution in [2.45, 2.75) is 75.8 Å². The molecule has 19 heavy (non-hydrogen) atoms. The minimum absolute atomic E-state index is 0.301. The molecule has 3 fully saturated rings. The SMILES string of the molecule is CC(C)(O)[C@@H]1CC[C@@]2(C)CCC[C@]3(CO3)[C@]2(O)[C@@H]1O. The van der Waals surface area contributed by atoms with E-state index in [4.69, 9.17) is 4.74 Å². The van der Waals surface area contributed by atoms with Crippen molar-refractivity contribution in [1.29, 1.82) is 0 Å². The first-order chi connectivity index (χ1) is 8.66. The first kappa shape index (κ1) is 13.8. The predicted octanol–water partition coefficient (Wildman–Crippen LogP) is 1.22. The standard InChI is InChI=1S/C15H26O4/c1-12(2,17)10-5-8-13(3)6-4-7-14(9-19-14)15(13,18)11(10)16/h10-11,16-18H,4-9H2,1-3H3/t10-,11-,13-,14+,15+/m1/s1. The molecule has 0 amide bonds. The highest BCUT2D eigenvalue weighted by molar-refractivity contribution is 5.24. The normalized spacial score (nSPS) is 54.0. The predicted molar refractivity (Wildman–Crippen MR) is 70.6 cm³/mol. The average Bonchev–Trinajstić information content (AvgIpc) is 3.04. The summed E-state index contributed by atoms with van der Waals surface area (Å²) in [4.78, 5) is 0. The molecular weight excluding hydrogens is 244 g/mol. The van der Waals surface area contributed by atoms with Crippen LogP contribution in [0.5, 0.6) is 0 Å². The van der Waals surface area contributed by atoms with Crippen molar-refractivity contribution in [2.24, 2.45) is 11.3 Å². The first-order valence-electron chi connectivity index (χ1n) is 7.43. The van der Waals surface area contributed by atoms with Gasteiger partial charge in [0.05, 0.1) is 18.3 Å². The van der Waals surface area contributed by atoms with E-state index in [1.807, 2.05) is 0 Å². The van der Waals surface area contributed by atoms with Crippen molar-refractivity contribution < 1.29 is 20.1 Å². The molecule has 3 N–H and O–H groups in total. The fourth-order valence-corrected chi connectivity index (χ4v) is 4.75. The van der Waals surface area contributed by atoms with Crippen LogP contribution in [0, 0.1) is 11.3 Å². The van der Waals surface area contributed by atoms with Gasteiger partial charge in [0.2, 0.25) is 0 Å². The van der Waals surface area contributed by atoms with Gasteiger partial charge in [-0.1, -0.05) is 6.92 Å². The summed E-state index contributed by atoms with van der Waals surface area (Å²) in [5.41, 5.74) is -3.07. The molecular formula is C15H26O4. The lowest BCUT2D eigenvalue weighted by Gasteiger charge is -2.60. The largest absolute Gasteiger partial charge is 0.390 e. The lowest BCUT2D eigenvalue weighted by molar-refractivity contribution is -0.264. The van der Waals surface area contributed by atoms with Crippen LogP contribution >= 0.6 is 0 Å². The summed E-state index contributed by atoms with van der Waals surface area (Å²) in [6, 6.07) is 0. The molecule has 1 aliphatic heterocycles. The Balaban J connectivity index is 2.02. The zero-order valence-electron chi connectivity index (χ0n) is 12.1.